The van der Waals surface area contributed by atoms with Crippen LogP contribution in [0.2, 0.25) is 0 Å². The molecule has 3 rings (SSSR count). The standard InChI is InChI=1S/C20H27N5O5/c1-24(12-16(26)21-14-7-6-8-15(11-14)30-2)13-17(27)23-25-18(28)20(22-19(25)29)9-4-3-5-10-20/h6-8,11H,3-5,9-10,12-13H2,1-2H3,(H,21,26)(H,22,29)(H,23,27)/p+1. The predicted molar refractivity (Wildman–Crippen MR) is 108 cm³/mol. The van der Waals surface area contributed by atoms with Gasteiger partial charge in [-0.15, -0.1) is 0 Å². The quantitative estimate of drug-likeness (QED) is 0.442. The number of anilines is 1. The highest BCUT2D eigenvalue weighted by Gasteiger charge is 2.52. The molecule has 1 aromatic carbocycles. The van der Waals surface area contributed by atoms with Gasteiger partial charge in [0.2, 0.25) is 0 Å². The molecular formula is C20H28N5O5+. The first-order valence-electron chi connectivity index (χ1n) is 10.0. The van der Waals surface area contributed by atoms with Gasteiger partial charge in [0.05, 0.1) is 14.2 Å². The number of hydrazine groups is 1. The van der Waals surface area contributed by atoms with Crippen LogP contribution in [-0.2, 0) is 14.4 Å². The van der Waals surface area contributed by atoms with Crippen LogP contribution in [0.4, 0.5) is 10.5 Å². The number of carbonyl (C=O) groups is 4. The summed E-state index contributed by atoms with van der Waals surface area (Å²) in [7, 11) is 3.22. The van der Waals surface area contributed by atoms with Gasteiger partial charge in [0.1, 0.15) is 11.3 Å². The van der Waals surface area contributed by atoms with Crippen molar-refractivity contribution < 1.29 is 28.8 Å². The maximum atomic E-state index is 12.7. The van der Waals surface area contributed by atoms with Gasteiger partial charge in [-0.25, -0.2) is 4.79 Å². The molecule has 1 aliphatic heterocycles. The molecule has 2 fully saturated rings. The molecular weight excluding hydrogens is 390 g/mol. The van der Waals surface area contributed by atoms with Gasteiger partial charge in [-0.3, -0.25) is 19.8 Å². The van der Waals surface area contributed by atoms with E-state index in [1.54, 1.807) is 38.4 Å². The van der Waals surface area contributed by atoms with Crippen LogP contribution in [0.3, 0.4) is 0 Å². The summed E-state index contributed by atoms with van der Waals surface area (Å²) in [6, 6.07) is 6.35. The number of rotatable bonds is 7. The summed E-state index contributed by atoms with van der Waals surface area (Å²) in [6.07, 6.45) is 3.93. The summed E-state index contributed by atoms with van der Waals surface area (Å²) in [6.45, 7) is -0.0374. The summed E-state index contributed by atoms with van der Waals surface area (Å²) < 4.78 is 5.12. The van der Waals surface area contributed by atoms with Gasteiger partial charge in [-0.05, 0) is 25.0 Å². The first-order chi connectivity index (χ1) is 14.3. The third kappa shape index (κ3) is 4.88. The maximum absolute atomic E-state index is 12.7. The van der Waals surface area contributed by atoms with E-state index in [1.165, 1.54) is 0 Å². The maximum Gasteiger partial charge on any atom is 0.344 e. The van der Waals surface area contributed by atoms with E-state index in [0.717, 1.165) is 24.3 Å². The number of carbonyl (C=O) groups excluding carboxylic acids is 4. The van der Waals surface area contributed by atoms with Crippen LogP contribution >= 0.6 is 0 Å². The molecule has 1 aromatic rings. The zero-order valence-corrected chi connectivity index (χ0v) is 17.2. The zero-order valence-electron chi connectivity index (χ0n) is 17.2. The number of methoxy groups -OCH3 is 1. The fourth-order valence-electron chi connectivity index (χ4n) is 3.90. The Morgan fingerprint density at radius 3 is 2.57 bits per heavy atom. The summed E-state index contributed by atoms with van der Waals surface area (Å²) in [5.74, 6) is -0.575. The molecule has 0 aromatic heterocycles. The third-order valence-corrected chi connectivity index (χ3v) is 5.38. The number of nitrogens with one attached hydrogen (secondary N) is 4. The minimum Gasteiger partial charge on any atom is -0.497 e. The SMILES string of the molecule is COc1cccc(NC(=O)C[NH+](C)CC(=O)NN2C(=O)NC3(CCCCC3)C2=O)c1. The summed E-state index contributed by atoms with van der Waals surface area (Å²) in [5, 5.41) is 6.26. The van der Waals surface area contributed by atoms with Crippen molar-refractivity contribution in [2.75, 3.05) is 32.6 Å². The molecule has 5 amide bonds. The van der Waals surface area contributed by atoms with Gasteiger partial charge in [-0.2, -0.15) is 5.01 Å². The van der Waals surface area contributed by atoms with Gasteiger partial charge < -0.3 is 20.3 Å². The molecule has 1 aliphatic carbocycles. The molecule has 0 bridgehead atoms. The molecule has 162 valence electrons. The largest absolute Gasteiger partial charge is 0.497 e. The molecule has 2 aliphatic rings. The molecule has 1 unspecified atom stereocenters. The highest BCUT2D eigenvalue weighted by Crippen LogP contribution is 2.32. The van der Waals surface area contributed by atoms with Crippen LogP contribution in [0.25, 0.3) is 0 Å². The molecule has 1 spiro atoms. The molecule has 10 heteroatoms. The van der Waals surface area contributed by atoms with Crippen molar-refractivity contribution in [3.63, 3.8) is 0 Å². The number of urea groups is 1. The number of likely N-dealkylation sites (N-methyl/N-ethyl adjacent to an activating group) is 1. The van der Waals surface area contributed by atoms with Gasteiger partial charge >= 0.3 is 6.03 Å². The van der Waals surface area contributed by atoms with Gasteiger partial charge in [0, 0.05) is 11.8 Å². The van der Waals surface area contributed by atoms with E-state index in [4.69, 9.17) is 4.74 Å². The third-order valence-electron chi connectivity index (χ3n) is 5.38. The summed E-state index contributed by atoms with van der Waals surface area (Å²) >= 11 is 0. The first-order valence-corrected chi connectivity index (χ1v) is 10.0. The second-order valence-corrected chi connectivity index (χ2v) is 7.84. The average molecular weight is 418 g/mol. The second kappa shape index (κ2) is 9.12. The van der Waals surface area contributed by atoms with E-state index >= 15 is 0 Å². The molecule has 0 radical (unpaired) electrons. The Kier molecular flexibility index (Phi) is 6.56. The topological polar surface area (TPSA) is 121 Å². The lowest BCUT2D eigenvalue weighted by Gasteiger charge is -2.30. The van der Waals surface area contributed by atoms with Crippen LogP contribution in [0, 0.1) is 0 Å². The predicted octanol–water partition coefficient (Wildman–Crippen LogP) is -0.566. The fraction of sp³-hybridized carbons (Fsp3) is 0.500. The van der Waals surface area contributed by atoms with Gasteiger partial charge in [0.25, 0.3) is 17.7 Å². The van der Waals surface area contributed by atoms with Crippen LogP contribution in [0.5, 0.6) is 5.75 Å². The Balaban J connectivity index is 1.49. The Morgan fingerprint density at radius 1 is 1.17 bits per heavy atom. The van der Waals surface area contributed by atoms with E-state index in [-0.39, 0.29) is 19.0 Å². The van der Waals surface area contributed by atoms with Gasteiger partial charge in [0.15, 0.2) is 13.1 Å². The van der Waals surface area contributed by atoms with E-state index in [0.29, 0.717) is 29.2 Å². The lowest BCUT2D eigenvalue weighted by molar-refractivity contribution is -0.862. The van der Waals surface area contributed by atoms with Crippen LogP contribution in [0.15, 0.2) is 24.3 Å². The van der Waals surface area contributed by atoms with Gasteiger partial charge in [-0.1, -0.05) is 25.3 Å². The Bertz CT molecular complexity index is 837. The second-order valence-electron chi connectivity index (χ2n) is 7.84. The smallest absolute Gasteiger partial charge is 0.344 e. The number of amides is 5. The number of hydrogen-bond donors (Lipinski definition) is 4. The monoisotopic (exact) mass is 418 g/mol. The van der Waals surface area contributed by atoms with E-state index in [1.807, 2.05) is 0 Å². The molecule has 30 heavy (non-hydrogen) atoms. The molecule has 1 heterocycles. The van der Waals surface area contributed by atoms with Crippen molar-refractivity contribution in [1.82, 2.24) is 15.8 Å². The Labute approximate surface area is 174 Å². The lowest BCUT2D eigenvalue weighted by Crippen LogP contribution is -3.11. The number of quaternary nitrogens is 1. The van der Waals surface area contributed by atoms with E-state index in [9.17, 15) is 19.2 Å². The van der Waals surface area contributed by atoms with Crippen LogP contribution in [0.1, 0.15) is 32.1 Å². The number of imide groups is 1. The highest BCUT2D eigenvalue weighted by molar-refractivity contribution is 6.08. The Hall–Kier alpha value is -3.14. The minimum absolute atomic E-state index is 0.0364. The van der Waals surface area contributed by atoms with Crippen molar-refractivity contribution in [1.29, 1.82) is 0 Å². The number of nitrogens with zero attached hydrogens (tertiary/aromatic N) is 1. The van der Waals surface area contributed by atoms with Crippen molar-refractivity contribution in [2.24, 2.45) is 0 Å². The average Bonchev–Trinajstić information content (AvgIpc) is 2.92. The number of hydrogen-bond acceptors (Lipinski definition) is 5. The zero-order chi connectivity index (χ0) is 21.7. The van der Waals surface area contributed by atoms with Crippen molar-refractivity contribution in [3.05, 3.63) is 24.3 Å². The Morgan fingerprint density at radius 2 is 1.87 bits per heavy atom. The number of ether oxygens (including phenoxy) is 1. The van der Waals surface area contributed by atoms with Crippen molar-refractivity contribution in [3.8, 4) is 5.75 Å². The molecule has 4 N–H and O–H groups in total. The first kappa shape index (κ1) is 21.6. The van der Waals surface area contributed by atoms with Crippen molar-refractivity contribution in [2.45, 2.75) is 37.6 Å². The van der Waals surface area contributed by atoms with Crippen LogP contribution in [-0.4, -0.2) is 61.5 Å². The molecule has 1 atom stereocenters. The lowest BCUT2D eigenvalue weighted by atomic mass is 9.82. The fourth-order valence-corrected chi connectivity index (χ4v) is 3.90. The molecule has 1 saturated heterocycles. The summed E-state index contributed by atoms with van der Waals surface area (Å²) in [5.41, 5.74) is 2.08. The summed E-state index contributed by atoms with van der Waals surface area (Å²) in [4.78, 5) is 50.1. The minimum atomic E-state index is -0.891. The van der Waals surface area contributed by atoms with Crippen molar-refractivity contribution >= 4 is 29.4 Å². The number of benzene rings is 1. The van der Waals surface area contributed by atoms with Crippen LogP contribution < -0.4 is 25.7 Å². The normalized spacial score (nSPS) is 18.7. The van der Waals surface area contributed by atoms with E-state index < -0.39 is 23.4 Å². The van der Waals surface area contributed by atoms with E-state index in [2.05, 4.69) is 16.1 Å². The highest BCUT2D eigenvalue weighted by atomic mass is 16.5. The molecule has 10 nitrogen and oxygen atoms in total. The molecule has 1 saturated carbocycles.